The second-order valence-corrected chi connectivity index (χ2v) is 5.75. The average molecular weight is 260 g/mol. The number of nitrogens with one attached hydrogen (secondary N) is 1. The summed E-state index contributed by atoms with van der Waals surface area (Å²) >= 11 is 1.71. The van der Waals surface area contributed by atoms with Gasteiger partial charge in [0.1, 0.15) is 0 Å². The van der Waals surface area contributed by atoms with Crippen molar-refractivity contribution in [1.29, 1.82) is 0 Å². The van der Waals surface area contributed by atoms with Crippen LogP contribution in [0.4, 0.5) is 0 Å². The van der Waals surface area contributed by atoms with Crippen molar-refractivity contribution in [2.24, 2.45) is 0 Å². The van der Waals surface area contributed by atoms with Gasteiger partial charge in [-0.15, -0.1) is 11.3 Å². The Labute approximate surface area is 113 Å². The van der Waals surface area contributed by atoms with Gasteiger partial charge in [0.2, 0.25) is 0 Å². The molecule has 3 heteroatoms. The molecular weight excluding hydrogens is 240 g/mol. The molecule has 0 aliphatic carbocycles. The Kier molecular flexibility index (Phi) is 4.90. The van der Waals surface area contributed by atoms with Crippen molar-refractivity contribution < 1.29 is 0 Å². The number of rotatable bonds is 6. The first-order valence-electron chi connectivity index (χ1n) is 6.40. The number of hydrogen-bond acceptors (Lipinski definition) is 3. The van der Waals surface area contributed by atoms with Crippen LogP contribution in [-0.2, 0) is 13.0 Å². The van der Waals surface area contributed by atoms with E-state index >= 15 is 0 Å². The lowest BCUT2D eigenvalue weighted by molar-refractivity contribution is 0.516. The van der Waals surface area contributed by atoms with Crippen molar-refractivity contribution in [3.8, 4) is 0 Å². The van der Waals surface area contributed by atoms with Crippen LogP contribution >= 0.6 is 11.3 Å². The molecular formula is C15H20N2S. The highest BCUT2D eigenvalue weighted by atomic mass is 32.1. The van der Waals surface area contributed by atoms with Gasteiger partial charge in [0, 0.05) is 23.7 Å². The van der Waals surface area contributed by atoms with Crippen LogP contribution in [0.2, 0.25) is 0 Å². The van der Waals surface area contributed by atoms with Crippen molar-refractivity contribution in [2.75, 3.05) is 0 Å². The molecule has 0 aliphatic heterocycles. The molecule has 2 nitrogen and oxygen atoms in total. The van der Waals surface area contributed by atoms with E-state index in [0.29, 0.717) is 6.04 Å². The Morgan fingerprint density at radius 2 is 2.28 bits per heavy atom. The Balaban J connectivity index is 1.73. The van der Waals surface area contributed by atoms with Gasteiger partial charge in [-0.3, -0.25) is 4.98 Å². The van der Waals surface area contributed by atoms with E-state index in [9.17, 15) is 0 Å². The van der Waals surface area contributed by atoms with Gasteiger partial charge in [-0.25, -0.2) is 0 Å². The van der Waals surface area contributed by atoms with Crippen LogP contribution in [0.5, 0.6) is 0 Å². The van der Waals surface area contributed by atoms with E-state index in [0.717, 1.165) is 13.0 Å². The van der Waals surface area contributed by atoms with Gasteiger partial charge in [-0.1, -0.05) is 29.8 Å². The number of nitrogens with zero attached hydrogens (tertiary/aromatic N) is 1. The smallest absolute Gasteiger partial charge is 0.0794 e. The molecule has 0 fully saturated rings. The van der Waals surface area contributed by atoms with Gasteiger partial charge in [-0.2, -0.15) is 0 Å². The molecule has 0 saturated heterocycles. The molecule has 0 aliphatic rings. The SMILES string of the molecule is Cc1cccc(CCC(C)NCc2cncs2)c1. The maximum absolute atomic E-state index is 4.08. The molecule has 2 aromatic rings. The normalized spacial score (nSPS) is 12.6. The number of aryl methyl sites for hydroxylation is 2. The van der Waals surface area contributed by atoms with Crippen LogP contribution in [0.25, 0.3) is 0 Å². The van der Waals surface area contributed by atoms with E-state index < -0.39 is 0 Å². The average Bonchev–Trinajstić information content (AvgIpc) is 2.87. The summed E-state index contributed by atoms with van der Waals surface area (Å²) in [4.78, 5) is 5.39. The van der Waals surface area contributed by atoms with Gasteiger partial charge in [0.05, 0.1) is 5.51 Å². The molecule has 2 rings (SSSR count). The Bertz CT molecular complexity index is 465. The predicted molar refractivity (Wildman–Crippen MR) is 77.9 cm³/mol. The van der Waals surface area contributed by atoms with E-state index in [1.807, 2.05) is 11.7 Å². The lowest BCUT2D eigenvalue weighted by atomic mass is 10.0. The van der Waals surface area contributed by atoms with Gasteiger partial charge in [-0.05, 0) is 32.3 Å². The number of thiazole rings is 1. The molecule has 0 spiro atoms. The molecule has 0 bridgehead atoms. The highest BCUT2D eigenvalue weighted by molar-refractivity contribution is 7.09. The first-order chi connectivity index (χ1) is 8.74. The second kappa shape index (κ2) is 6.66. The predicted octanol–water partition coefficient (Wildman–Crippen LogP) is 3.56. The molecule has 1 aromatic carbocycles. The quantitative estimate of drug-likeness (QED) is 0.859. The molecule has 1 N–H and O–H groups in total. The highest BCUT2D eigenvalue weighted by Gasteiger charge is 2.03. The van der Waals surface area contributed by atoms with Crippen LogP contribution in [0, 0.1) is 6.92 Å². The topological polar surface area (TPSA) is 24.9 Å². The fraction of sp³-hybridized carbons (Fsp3) is 0.400. The molecule has 0 radical (unpaired) electrons. The van der Waals surface area contributed by atoms with Gasteiger partial charge >= 0.3 is 0 Å². The van der Waals surface area contributed by atoms with Crippen LogP contribution in [0.3, 0.4) is 0 Å². The molecule has 1 unspecified atom stereocenters. The maximum Gasteiger partial charge on any atom is 0.0794 e. The lowest BCUT2D eigenvalue weighted by Gasteiger charge is -2.13. The first-order valence-corrected chi connectivity index (χ1v) is 7.28. The fourth-order valence-corrected chi connectivity index (χ4v) is 2.50. The van der Waals surface area contributed by atoms with Crippen LogP contribution in [0.1, 0.15) is 29.3 Å². The Hall–Kier alpha value is -1.19. The lowest BCUT2D eigenvalue weighted by Crippen LogP contribution is -2.25. The summed E-state index contributed by atoms with van der Waals surface area (Å²) in [5.41, 5.74) is 4.66. The maximum atomic E-state index is 4.08. The third-order valence-corrected chi connectivity index (χ3v) is 3.84. The highest BCUT2D eigenvalue weighted by Crippen LogP contribution is 2.09. The van der Waals surface area contributed by atoms with E-state index in [2.05, 4.69) is 48.4 Å². The molecule has 1 atom stereocenters. The van der Waals surface area contributed by atoms with Crippen LogP contribution < -0.4 is 5.32 Å². The molecule has 1 aromatic heterocycles. The zero-order chi connectivity index (χ0) is 12.8. The minimum absolute atomic E-state index is 0.535. The second-order valence-electron chi connectivity index (χ2n) is 4.78. The van der Waals surface area contributed by atoms with Crippen molar-refractivity contribution >= 4 is 11.3 Å². The largest absolute Gasteiger partial charge is 0.309 e. The molecule has 18 heavy (non-hydrogen) atoms. The standard InChI is InChI=1S/C15H20N2S/c1-12-4-3-5-14(8-12)7-6-13(2)17-10-15-9-16-11-18-15/h3-5,8-9,11,13,17H,6-7,10H2,1-2H3. The van der Waals surface area contributed by atoms with E-state index in [1.54, 1.807) is 11.3 Å². The van der Waals surface area contributed by atoms with Crippen molar-refractivity contribution in [3.63, 3.8) is 0 Å². The van der Waals surface area contributed by atoms with Gasteiger partial charge in [0.15, 0.2) is 0 Å². The van der Waals surface area contributed by atoms with Crippen molar-refractivity contribution in [1.82, 2.24) is 10.3 Å². The molecule has 96 valence electrons. The van der Waals surface area contributed by atoms with E-state index in [4.69, 9.17) is 0 Å². The summed E-state index contributed by atoms with van der Waals surface area (Å²) in [6.45, 7) is 5.32. The van der Waals surface area contributed by atoms with Gasteiger partial charge in [0.25, 0.3) is 0 Å². The monoisotopic (exact) mass is 260 g/mol. The minimum atomic E-state index is 0.535. The van der Waals surface area contributed by atoms with Gasteiger partial charge < -0.3 is 5.32 Å². The number of hydrogen-bond donors (Lipinski definition) is 1. The Morgan fingerprint density at radius 3 is 3.00 bits per heavy atom. The summed E-state index contributed by atoms with van der Waals surface area (Å²) in [6, 6.07) is 9.31. The van der Waals surface area contributed by atoms with Crippen LogP contribution in [0.15, 0.2) is 36.0 Å². The summed E-state index contributed by atoms with van der Waals surface area (Å²) < 4.78 is 0. The van der Waals surface area contributed by atoms with E-state index in [1.165, 1.54) is 22.4 Å². The van der Waals surface area contributed by atoms with Crippen LogP contribution in [-0.4, -0.2) is 11.0 Å². The van der Waals surface area contributed by atoms with Crippen molar-refractivity contribution in [2.45, 2.75) is 39.3 Å². The third kappa shape index (κ3) is 4.24. The fourth-order valence-electron chi connectivity index (χ4n) is 1.96. The summed E-state index contributed by atoms with van der Waals surface area (Å²) in [6.07, 6.45) is 4.24. The van der Waals surface area contributed by atoms with Crippen molar-refractivity contribution in [3.05, 3.63) is 52.0 Å². The number of aromatic nitrogens is 1. The van der Waals surface area contributed by atoms with E-state index in [-0.39, 0.29) is 0 Å². The zero-order valence-corrected chi connectivity index (χ0v) is 11.8. The molecule has 0 amide bonds. The Morgan fingerprint density at radius 1 is 1.39 bits per heavy atom. The summed E-state index contributed by atoms with van der Waals surface area (Å²) in [7, 11) is 0. The zero-order valence-electron chi connectivity index (χ0n) is 11.0. The molecule has 0 saturated carbocycles. The summed E-state index contributed by atoms with van der Waals surface area (Å²) in [5.74, 6) is 0. The molecule has 1 heterocycles. The number of benzene rings is 1. The first kappa shape index (κ1) is 13.2. The summed E-state index contributed by atoms with van der Waals surface area (Å²) in [5, 5.41) is 3.54. The minimum Gasteiger partial charge on any atom is -0.309 e. The third-order valence-electron chi connectivity index (χ3n) is 3.06.